The van der Waals surface area contributed by atoms with E-state index in [0.717, 1.165) is 16.7 Å². The predicted molar refractivity (Wildman–Crippen MR) is 93.1 cm³/mol. The molecule has 0 bridgehead atoms. The molecule has 1 aromatic carbocycles. The van der Waals surface area contributed by atoms with E-state index >= 15 is 0 Å². The molecule has 23 heavy (non-hydrogen) atoms. The molecule has 0 unspecified atom stereocenters. The van der Waals surface area contributed by atoms with Crippen LogP contribution in [0.1, 0.15) is 17.4 Å². The van der Waals surface area contributed by atoms with Gasteiger partial charge in [0.1, 0.15) is 0 Å². The summed E-state index contributed by atoms with van der Waals surface area (Å²) < 4.78 is 0. The number of aromatic nitrogens is 3. The maximum absolute atomic E-state index is 12.5. The lowest BCUT2D eigenvalue weighted by molar-refractivity contribution is 0.102. The van der Waals surface area contributed by atoms with Crippen molar-refractivity contribution in [1.82, 2.24) is 15.0 Å². The molecule has 2 heterocycles. The quantitative estimate of drug-likeness (QED) is 0.571. The molecule has 0 atom stereocenters. The van der Waals surface area contributed by atoms with Crippen LogP contribution in [0.3, 0.4) is 0 Å². The average Bonchev–Trinajstić information content (AvgIpc) is 2.57. The fourth-order valence-electron chi connectivity index (χ4n) is 2.10. The van der Waals surface area contributed by atoms with Crippen LogP contribution < -0.4 is 5.32 Å². The molecule has 0 radical (unpaired) electrons. The number of anilines is 1. The molecule has 0 aliphatic carbocycles. The number of nitrogens with one attached hydrogen (secondary N) is 1. The molecule has 7 heteroatoms. The van der Waals surface area contributed by atoms with E-state index in [2.05, 4.69) is 20.3 Å². The highest BCUT2D eigenvalue weighted by Gasteiger charge is 2.15. The zero-order valence-corrected chi connectivity index (χ0v) is 13.9. The number of hydrogen-bond donors (Lipinski definition) is 1. The highest BCUT2D eigenvalue weighted by molar-refractivity contribution is 7.99. The zero-order valence-electron chi connectivity index (χ0n) is 12.3. The van der Waals surface area contributed by atoms with Gasteiger partial charge in [0, 0.05) is 11.6 Å². The number of rotatable bonds is 4. The summed E-state index contributed by atoms with van der Waals surface area (Å²) in [5, 5.41) is 4.46. The smallest absolute Gasteiger partial charge is 0.275 e. The SMILES string of the molecule is CCSc1ncc(Cl)c(C(=O)Nc2cccc3ncccc23)n1. The van der Waals surface area contributed by atoms with Gasteiger partial charge in [0.15, 0.2) is 10.9 Å². The van der Waals surface area contributed by atoms with Crippen LogP contribution >= 0.6 is 23.4 Å². The Morgan fingerprint density at radius 1 is 1.26 bits per heavy atom. The van der Waals surface area contributed by atoms with Crippen LogP contribution in [0.5, 0.6) is 0 Å². The Balaban J connectivity index is 1.93. The third-order valence-corrected chi connectivity index (χ3v) is 4.12. The van der Waals surface area contributed by atoms with Crippen molar-refractivity contribution in [3.05, 3.63) is 53.4 Å². The van der Waals surface area contributed by atoms with Gasteiger partial charge in [-0.25, -0.2) is 9.97 Å². The van der Waals surface area contributed by atoms with Crippen LogP contribution in [-0.2, 0) is 0 Å². The van der Waals surface area contributed by atoms with Gasteiger partial charge in [0.05, 0.1) is 22.4 Å². The zero-order chi connectivity index (χ0) is 16.2. The highest BCUT2D eigenvalue weighted by Crippen LogP contribution is 2.23. The van der Waals surface area contributed by atoms with Crippen molar-refractivity contribution in [3.63, 3.8) is 0 Å². The maximum atomic E-state index is 12.5. The second-order valence-corrected chi connectivity index (χ2v) is 6.25. The number of benzene rings is 1. The lowest BCUT2D eigenvalue weighted by atomic mass is 10.2. The summed E-state index contributed by atoms with van der Waals surface area (Å²) in [6.07, 6.45) is 3.16. The first-order chi connectivity index (χ1) is 11.2. The molecule has 0 saturated carbocycles. The first-order valence-corrected chi connectivity index (χ1v) is 8.36. The van der Waals surface area contributed by atoms with Gasteiger partial charge in [-0.2, -0.15) is 0 Å². The van der Waals surface area contributed by atoms with Crippen molar-refractivity contribution in [2.75, 3.05) is 11.1 Å². The number of hydrogen-bond acceptors (Lipinski definition) is 5. The molecule has 5 nitrogen and oxygen atoms in total. The van der Waals surface area contributed by atoms with Gasteiger partial charge in [-0.1, -0.05) is 36.4 Å². The Kier molecular flexibility index (Phi) is 4.73. The maximum Gasteiger partial charge on any atom is 0.275 e. The second kappa shape index (κ2) is 6.93. The molecule has 0 spiro atoms. The molecule has 0 fully saturated rings. The van der Waals surface area contributed by atoms with E-state index in [9.17, 15) is 4.79 Å². The van der Waals surface area contributed by atoms with Gasteiger partial charge in [-0.3, -0.25) is 9.78 Å². The van der Waals surface area contributed by atoms with E-state index in [-0.39, 0.29) is 16.6 Å². The third-order valence-electron chi connectivity index (χ3n) is 3.10. The monoisotopic (exact) mass is 344 g/mol. The van der Waals surface area contributed by atoms with E-state index in [1.165, 1.54) is 18.0 Å². The molecule has 2 aromatic heterocycles. The topological polar surface area (TPSA) is 67.8 Å². The minimum atomic E-state index is -0.369. The molecule has 0 aliphatic heterocycles. The highest BCUT2D eigenvalue weighted by atomic mass is 35.5. The van der Waals surface area contributed by atoms with Crippen molar-refractivity contribution >= 4 is 45.9 Å². The Morgan fingerprint density at radius 3 is 2.96 bits per heavy atom. The van der Waals surface area contributed by atoms with Crippen LogP contribution in [0.25, 0.3) is 10.9 Å². The van der Waals surface area contributed by atoms with Crippen LogP contribution in [-0.4, -0.2) is 26.6 Å². The molecule has 116 valence electrons. The summed E-state index contributed by atoms with van der Waals surface area (Å²) in [5.41, 5.74) is 1.64. The van der Waals surface area contributed by atoms with Crippen LogP contribution in [0.4, 0.5) is 5.69 Å². The number of carbonyl (C=O) groups is 1. The molecule has 0 saturated heterocycles. The van der Waals surface area contributed by atoms with Crippen LogP contribution in [0.2, 0.25) is 5.02 Å². The molecule has 1 N–H and O–H groups in total. The molecular formula is C16H13ClN4OS. The normalized spacial score (nSPS) is 10.7. The number of thioether (sulfide) groups is 1. The summed E-state index contributed by atoms with van der Waals surface area (Å²) in [5.74, 6) is 0.448. The van der Waals surface area contributed by atoms with E-state index in [1.807, 2.05) is 37.3 Å². The minimum absolute atomic E-state index is 0.165. The lowest BCUT2D eigenvalue weighted by Crippen LogP contribution is -2.15. The minimum Gasteiger partial charge on any atom is -0.320 e. The largest absolute Gasteiger partial charge is 0.320 e. The molecule has 3 rings (SSSR count). The van der Waals surface area contributed by atoms with Crippen molar-refractivity contribution in [3.8, 4) is 0 Å². The molecular weight excluding hydrogens is 332 g/mol. The Bertz CT molecular complexity index is 866. The van der Waals surface area contributed by atoms with Gasteiger partial charge in [0.25, 0.3) is 5.91 Å². The Labute approximate surface area is 142 Å². The van der Waals surface area contributed by atoms with E-state index in [1.54, 1.807) is 6.20 Å². The summed E-state index contributed by atoms with van der Waals surface area (Å²) in [6.45, 7) is 1.99. The molecule has 1 amide bonds. The number of halogens is 1. The van der Waals surface area contributed by atoms with Crippen LogP contribution in [0, 0.1) is 0 Å². The van der Waals surface area contributed by atoms with Gasteiger partial charge < -0.3 is 5.32 Å². The van der Waals surface area contributed by atoms with E-state index < -0.39 is 0 Å². The number of carbonyl (C=O) groups excluding carboxylic acids is 1. The standard InChI is InChI=1S/C16H13ClN4OS/c1-2-23-16-19-9-11(17)14(21-16)15(22)20-13-7-3-6-12-10(13)5-4-8-18-12/h3-9H,2H2,1H3,(H,20,22). The summed E-state index contributed by atoms with van der Waals surface area (Å²) >= 11 is 7.52. The lowest BCUT2D eigenvalue weighted by Gasteiger charge is -2.09. The summed E-state index contributed by atoms with van der Waals surface area (Å²) in [4.78, 5) is 25.1. The Morgan fingerprint density at radius 2 is 2.13 bits per heavy atom. The molecule has 0 aliphatic rings. The van der Waals surface area contributed by atoms with E-state index in [4.69, 9.17) is 11.6 Å². The van der Waals surface area contributed by atoms with Crippen molar-refractivity contribution in [1.29, 1.82) is 0 Å². The number of amides is 1. The van der Waals surface area contributed by atoms with Gasteiger partial charge in [-0.15, -0.1) is 0 Å². The Hall–Kier alpha value is -2.18. The van der Waals surface area contributed by atoms with Crippen molar-refractivity contribution < 1.29 is 4.79 Å². The van der Waals surface area contributed by atoms with Gasteiger partial charge >= 0.3 is 0 Å². The fourth-order valence-corrected chi connectivity index (χ4v) is 2.82. The predicted octanol–water partition coefficient (Wildman–Crippen LogP) is 4.04. The van der Waals surface area contributed by atoms with Gasteiger partial charge in [0.2, 0.25) is 0 Å². The molecule has 3 aromatic rings. The van der Waals surface area contributed by atoms with Crippen LogP contribution in [0.15, 0.2) is 47.9 Å². The first kappa shape index (κ1) is 15.7. The third kappa shape index (κ3) is 3.43. The average molecular weight is 345 g/mol. The number of fused-ring (bicyclic) bond motifs is 1. The van der Waals surface area contributed by atoms with Gasteiger partial charge in [-0.05, 0) is 30.0 Å². The summed E-state index contributed by atoms with van der Waals surface area (Å²) in [6, 6.07) is 9.27. The summed E-state index contributed by atoms with van der Waals surface area (Å²) in [7, 11) is 0. The fraction of sp³-hybridized carbons (Fsp3) is 0.125. The number of nitrogens with zero attached hydrogens (tertiary/aromatic N) is 3. The second-order valence-electron chi connectivity index (χ2n) is 4.61. The number of pyridine rings is 1. The van der Waals surface area contributed by atoms with Crippen molar-refractivity contribution in [2.24, 2.45) is 0 Å². The first-order valence-electron chi connectivity index (χ1n) is 6.99. The van der Waals surface area contributed by atoms with E-state index in [0.29, 0.717) is 10.8 Å². The van der Waals surface area contributed by atoms with Crippen molar-refractivity contribution in [2.45, 2.75) is 12.1 Å².